The maximum atomic E-state index is 11.8. The molecule has 0 saturated carbocycles. The van der Waals surface area contributed by atoms with Crippen LogP contribution in [0, 0.1) is 12.8 Å². The highest BCUT2D eigenvalue weighted by Crippen LogP contribution is 2.15. The van der Waals surface area contributed by atoms with Gasteiger partial charge in [-0.3, -0.25) is 9.59 Å². The number of aryl methyl sites for hydroxylation is 1. The van der Waals surface area contributed by atoms with Crippen LogP contribution in [0.15, 0.2) is 24.3 Å². The Labute approximate surface area is 119 Å². The van der Waals surface area contributed by atoms with Gasteiger partial charge in [0.05, 0.1) is 0 Å². The Kier molecular flexibility index (Phi) is 6.03. The number of hydrogen-bond acceptors (Lipinski definition) is 3. The van der Waals surface area contributed by atoms with Crippen LogP contribution in [0.2, 0.25) is 0 Å². The highest BCUT2D eigenvalue weighted by molar-refractivity contribution is 5.87. The summed E-state index contributed by atoms with van der Waals surface area (Å²) in [6.45, 7) is 5.70. The lowest BCUT2D eigenvalue weighted by Gasteiger charge is -2.17. The van der Waals surface area contributed by atoms with Crippen molar-refractivity contribution in [1.82, 2.24) is 5.32 Å². The van der Waals surface area contributed by atoms with Gasteiger partial charge in [-0.25, -0.2) is 0 Å². The predicted octanol–water partition coefficient (Wildman–Crippen LogP) is 1.39. The molecule has 1 aromatic carbocycles. The Hall–Kier alpha value is -2.04. The van der Waals surface area contributed by atoms with E-state index < -0.39 is 11.9 Å². The van der Waals surface area contributed by atoms with Crippen LogP contribution in [0.4, 0.5) is 0 Å². The van der Waals surface area contributed by atoms with E-state index in [4.69, 9.17) is 10.5 Å². The Morgan fingerprint density at radius 3 is 2.50 bits per heavy atom. The lowest BCUT2D eigenvalue weighted by Crippen LogP contribution is -2.46. The highest BCUT2D eigenvalue weighted by Gasteiger charge is 2.19. The number of nitrogens with one attached hydrogen (secondary N) is 1. The number of carbonyl (C=O) groups is 2. The van der Waals surface area contributed by atoms with Gasteiger partial charge in [0.15, 0.2) is 6.61 Å². The van der Waals surface area contributed by atoms with E-state index in [1.54, 1.807) is 6.07 Å². The number of primary amides is 1. The molecular formula is C15H22N2O3. The van der Waals surface area contributed by atoms with E-state index in [1.165, 1.54) is 0 Å². The zero-order valence-electron chi connectivity index (χ0n) is 12.2. The van der Waals surface area contributed by atoms with Crippen LogP contribution in [-0.2, 0) is 9.59 Å². The third kappa shape index (κ3) is 5.30. The van der Waals surface area contributed by atoms with Crippen LogP contribution in [0.3, 0.4) is 0 Å². The van der Waals surface area contributed by atoms with E-state index in [1.807, 2.05) is 39.0 Å². The molecule has 20 heavy (non-hydrogen) atoms. The van der Waals surface area contributed by atoms with Gasteiger partial charge in [0.1, 0.15) is 11.8 Å². The summed E-state index contributed by atoms with van der Waals surface area (Å²) in [5.74, 6) is 0.0489. The number of benzene rings is 1. The van der Waals surface area contributed by atoms with Gasteiger partial charge in [-0.05, 0) is 30.9 Å². The summed E-state index contributed by atoms with van der Waals surface area (Å²) in [7, 11) is 0. The van der Waals surface area contributed by atoms with E-state index in [-0.39, 0.29) is 18.4 Å². The second kappa shape index (κ2) is 7.53. The smallest absolute Gasteiger partial charge is 0.258 e. The molecule has 1 rings (SSSR count). The molecule has 0 aliphatic carbocycles. The monoisotopic (exact) mass is 278 g/mol. The second-order valence-electron chi connectivity index (χ2n) is 5.21. The van der Waals surface area contributed by atoms with Crippen molar-refractivity contribution in [3.05, 3.63) is 29.8 Å². The van der Waals surface area contributed by atoms with Crippen LogP contribution in [0.1, 0.15) is 25.8 Å². The van der Waals surface area contributed by atoms with Crippen molar-refractivity contribution >= 4 is 11.8 Å². The summed E-state index contributed by atoms with van der Waals surface area (Å²) in [5, 5.41) is 2.60. The van der Waals surface area contributed by atoms with E-state index in [9.17, 15) is 9.59 Å². The number of para-hydroxylation sites is 1. The second-order valence-corrected chi connectivity index (χ2v) is 5.21. The fourth-order valence-corrected chi connectivity index (χ4v) is 1.82. The highest BCUT2D eigenvalue weighted by atomic mass is 16.5. The minimum atomic E-state index is -0.650. The molecule has 0 fully saturated rings. The molecule has 0 saturated heterocycles. The first-order valence-corrected chi connectivity index (χ1v) is 6.67. The predicted molar refractivity (Wildman–Crippen MR) is 77.3 cm³/mol. The van der Waals surface area contributed by atoms with Crippen LogP contribution in [0.25, 0.3) is 0 Å². The van der Waals surface area contributed by atoms with Gasteiger partial charge in [-0.1, -0.05) is 32.0 Å². The average molecular weight is 278 g/mol. The molecule has 2 amide bonds. The van der Waals surface area contributed by atoms with Crippen LogP contribution in [-0.4, -0.2) is 24.5 Å². The average Bonchev–Trinajstić information content (AvgIpc) is 2.36. The van der Waals surface area contributed by atoms with Crippen molar-refractivity contribution in [3.8, 4) is 5.75 Å². The molecule has 0 aliphatic rings. The minimum Gasteiger partial charge on any atom is -0.484 e. The standard InChI is InChI=1S/C15H22N2O3/c1-10(2)8-12(15(16)19)17-14(18)9-20-13-7-5-4-6-11(13)3/h4-7,10,12H,8-9H2,1-3H3,(H2,16,19)(H,17,18)/t12-/m0/s1. The van der Waals surface area contributed by atoms with Gasteiger partial charge < -0.3 is 15.8 Å². The summed E-state index contributed by atoms with van der Waals surface area (Å²) >= 11 is 0. The third-order valence-corrected chi connectivity index (χ3v) is 2.84. The number of amides is 2. The van der Waals surface area contributed by atoms with E-state index >= 15 is 0 Å². The molecule has 0 bridgehead atoms. The van der Waals surface area contributed by atoms with Gasteiger partial charge in [0.2, 0.25) is 5.91 Å². The first kappa shape index (κ1) is 16.0. The molecule has 5 heteroatoms. The summed E-state index contributed by atoms with van der Waals surface area (Å²) in [5.41, 5.74) is 6.22. The first-order valence-electron chi connectivity index (χ1n) is 6.67. The molecular weight excluding hydrogens is 256 g/mol. The molecule has 5 nitrogen and oxygen atoms in total. The molecule has 0 heterocycles. The number of nitrogens with two attached hydrogens (primary N) is 1. The summed E-state index contributed by atoms with van der Waals surface area (Å²) in [6.07, 6.45) is 0.519. The maximum Gasteiger partial charge on any atom is 0.258 e. The summed E-state index contributed by atoms with van der Waals surface area (Å²) < 4.78 is 5.42. The van der Waals surface area contributed by atoms with E-state index in [0.29, 0.717) is 12.2 Å². The van der Waals surface area contributed by atoms with Crippen molar-refractivity contribution in [2.75, 3.05) is 6.61 Å². The molecule has 0 aliphatic heterocycles. The van der Waals surface area contributed by atoms with Crippen molar-refractivity contribution in [1.29, 1.82) is 0 Å². The Balaban J connectivity index is 2.50. The van der Waals surface area contributed by atoms with Crippen LogP contribution >= 0.6 is 0 Å². The Bertz CT molecular complexity index is 472. The number of carbonyl (C=O) groups excluding carboxylic acids is 2. The van der Waals surface area contributed by atoms with Gasteiger partial charge in [-0.2, -0.15) is 0 Å². The van der Waals surface area contributed by atoms with Gasteiger partial charge in [-0.15, -0.1) is 0 Å². The molecule has 0 spiro atoms. The first-order chi connectivity index (χ1) is 9.40. The Morgan fingerprint density at radius 2 is 1.95 bits per heavy atom. The third-order valence-electron chi connectivity index (χ3n) is 2.84. The van der Waals surface area contributed by atoms with E-state index in [0.717, 1.165) is 5.56 Å². The lowest BCUT2D eigenvalue weighted by molar-refractivity contribution is -0.128. The van der Waals surface area contributed by atoms with Crippen LogP contribution in [0.5, 0.6) is 5.75 Å². The summed E-state index contributed by atoms with van der Waals surface area (Å²) in [6, 6.07) is 6.78. The SMILES string of the molecule is Cc1ccccc1OCC(=O)N[C@@H](CC(C)C)C(N)=O. The zero-order chi connectivity index (χ0) is 15.1. The normalized spacial score (nSPS) is 12.0. The van der Waals surface area contributed by atoms with E-state index in [2.05, 4.69) is 5.32 Å². The minimum absolute atomic E-state index is 0.132. The van der Waals surface area contributed by atoms with Gasteiger partial charge in [0.25, 0.3) is 5.91 Å². The van der Waals surface area contributed by atoms with Crippen molar-refractivity contribution in [2.24, 2.45) is 11.7 Å². The number of rotatable bonds is 7. The molecule has 0 aromatic heterocycles. The number of ether oxygens (including phenoxy) is 1. The molecule has 1 atom stereocenters. The Morgan fingerprint density at radius 1 is 1.30 bits per heavy atom. The molecule has 0 unspecified atom stereocenters. The van der Waals surface area contributed by atoms with Gasteiger partial charge in [0, 0.05) is 0 Å². The lowest BCUT2D eigenvalue weighted by atomic mass is 10.0. The maximum absolute atomic E-state index is 11.8. The molecule has 110 valence electrons. The fourth-order valence-electron chi connectivity index (χ4n) is 1.82. The quantitative estimate of drug-likeness (QED) is 0.790. The zero-order valence-corrected chi connectivity index (χ0v) is 12.2. The largest absolute Gasteiger partial charge is 0.484 e. The summed E-state index contributed by atoms with van der Waals surface area (Å²) in [4.78, 5) is 23.0. The topological polar surface area (TPSA) is 81.4 Å². The molecule has 3 N–H and O–H groups in total. The van der Waals surface area contributed by atoms with Crippen LogP contribution < -0.4 is 15.8 Å². The van der Waals surface area contributed by atoms with Crippen molar-refractivity contribution < 1.29 is 14.3 Å². The number of hydrogen-bond donors (Lipinski definition) is 2. The van der Waals surface area contributed by atoms with Crippen molar-refractivity contribution in [3.63, 3.8) is 0 Å². The van der Waals surface area contributed by atoms with Gasteiger partial charge >= 0.3 is 0 Å². The fraction of sp³-hybridized carbons (Fsp3) is 0.467. The van der Waals surface area contributed by atoms with Crippen molar-refractivity contribution in [2.45, 2.75) is 33.2 Å². The molecule has 0 radical (unpaired) electrons. The molecule has 1 aromatic rings.